The largest absolute Gasteiger partial charge is 0.325 e. The second kappa shape index (κ2) is 10.7. The summed E-state index contributed by atoms with van der Waals surface area (Å²) in [6, 6.07) is 15.8. The number of hydrogen-bond acceptors (Lipinski definition) is 6. The summed E-state index contributed by atoms with van der Waals surface area (Å²) in [5.74, 6) is -0.800. The Morgan fingerprint density at radius 3 is 2.53 bits per heavy atom. The van der Waals surface area contributed by atoms with Gasteiger partial charge >= 0.3 is 0 Å². The number of carbonyl (C=O) groups excluding carboxylic acids is 3. The molecule has 0 radical (unpaired) electrons. The predicted molar refractivity (Wildman–Crippen MR) is 145 cm³/mol. The van der Waals surface area contributed by atoms with Gasteiger partial charge in [0, 0.05) is 28.3 Å². The summed E-state index contributed by atoms with van der Waals surface area (Å²) in [7, 11) is 0. The first kappa shape index (κ1) is 26.2. The zero-order chi connectivity index (χ0) is 27.4. The Balaban J connectivity index is 1.54. The fraction of sp³-hybridized carbons (Fsp3) is 0.179. The minimum atomic E-state index is -0.673. The van der Waals surface area contributed by atoms with E-state index in [-0.39, 0.29) is 11.8 Å². The molecule has 3 amide bonds. The highest BCUT2D eigenvalue weighted by molar-refractivity contribution is 6.04. The van der Waals surface area contributed by atoms with E-state index < -0.39 is 11.3 Å². The molecule has 0 bridgehead atoms. The number of aryl methyl sites for hydroxylation is 1. The van der Waals surface area contributed by atoms with Crippen molar-refractivity contribution >= 4 is 40.9 Å². The Kier molecular flexibility index (Phi) is 7.35. The molecule has 0 unspecified atom stereocenters. The molecule has 2 aromatic heterocycles. The van der Waals surface area contributed by atoms with Gasteiger partial charge in [0.2, 0.25) is 5.91 Å². The van der Waals surface area contributed by atoms with Crippen molar-refractivity contribution in [3.63, 3.8) is 0 Å². The zero-order valence-electron chi connectivity index (χ0n) is 21.4. The normalized spacial score (nSPS) is 11.5. The highest BCUT2D eigenvalue weighted by atomic mass is 16.5. The number of amides is 3. The number of hydrogen-bond donors (Lipinski definition) is 4. The molecule has 0 aliphatic heterocycles. The minimum Gasteiger partial charge on any atom is -0.325 e. The maximum absolute atomic E-state index is 12.8. The lowest BCUT2D eigenvalue weighted by Gasteiger charge is -2.19. The highest BCUT2D eigenvalue weighted by Gasteiger charge is 2.22. The van der Waals surface area contributed by atoms with Crippen molar-refractivity contribution in [2.24, 2.45) is 5.41 Å². The summed E-state index contributed by atoms with van der Waals surface area (Å²) in [5.41, 5.74) is 5.70. The van der Waals surface area contributed by atoms with Gasteiger partial charge in [-0.25, -0.2) is 15.0 Å². The Bertz CT molecular complexity index is 1570. The number of nitrogens with one attached hydrogen (secondary N) is 3. The van der Waals surface area contributed by atoms with Gasteiger partial charge in [0.1, 0.15) is 0 Å². The monoisotopic (exact) mass is 512 g/mol. The van der Waals surface area contributed by atoms with Crippen LogP contribution in [0.5, 0.6) is 0 Å². The summed E-state index contributed by atoms with van der Waals surface area (Å²) in [4.78, 5) is 41.1. The van der Waals surface area contributed by atoms with Gasteiger partial charge in [-0.3, -0.25) is 19.6 Å². The number of benzene rings is 2. The van der Waals surface area contributed by atoms with Crippen LogP contribution in [0.15, 0.2) is 66.9 Å². The van der Waals surface area contributed by atoms with Crippen LogP contribution in [0.4, 0.5) is 11.5 Å². The highest BCUT2D eigenvalue weighted by Crippen LogP contribution is 2.27. The molecule has 0 saturated carbocycles. The van der Waals surface area contributed by atoms with Crippen LogP contribution < -0.4 is 16.1 Å². The fourth-order valence-electron chi connectivity index (χ4n) is 3.49. The van der Waals surface area contributed by atoms with Gasteiger partial charge in [-0.1, -0.05) is 45.0 Å². The van der Waals surface area contributed by atoms with Gasteiger partial charge in [0.05, 0.1) is 11.9 Å². The fourth-order valence-corrected chi connectivity index (χ4v) is 3.49. The summed E-state index contributed by atoms with van der Waals surface area (Å²) in [6.45, 7) is 7.51. The lowest BCUT2D eigenvalue weighted by Crippen LogP contribution is -2.27. The quantitative estimate of drug-likeness (QED) is 0.171. The third-order valence-corrected chi connectivity index (χ3v) is 5.71. The summed E-state index contributed by atoms with van der Waals surface area (Å²) < 4.78 is 1.57. The van der Waals surface area contributed by atoms with E-state index in [0.717, 1.165) is 22.9 Å². The molecule has 2 aromatic carbocycles. The van der Waals surface area contributed by atoms with Crippen LogP contribution in [0.1, 0.15) is 42.3 Å². The molecule has 0 aliphatic rings. The van der Waals surface area contributed by atoms with Crippen molar-refractivity contribution in [3.8, 4) is 11.3 Å². The van der Waals surface area contributed by atoms with Gasteiger partial charge in [-0.2, -0.15) is 0 Å². The molecule has 4 aromatic rings. The first-order chi connectivity index (χ1) is 18.0. The molecule has 2 heterocycles. The zero-order valence-corrected chi connectivity index (χ0v) is 21.4. The molecule has 0 spiro atoms. The Labute approximate surface area is 219 Å². The molecular formula is C28H28N6O4. The average Bonchev–Trinajstić information content (AvgIpc) is 3.31. The van der Waals surface area contributed by atoms with E-state index in [9.17, 15) is 14.4 Å². The third kappa shape index (κ3) is 6.11. The summed E-state index contributed by atoms with van der Waals surface area (Å²) >= 11 is 0. The minimum absolute atomic E-state index is 0.0768. The van der Waals surface area contributed by atoms with Gasteiger partial charge in [-0.15, -0.1) is 5.10 Å². The molecule has 10 heteroatoms. The maximum Gasteiger partial charge on any atom is 0.267 e. The van der Waals surface area contributed by atoms with E-state index >= 15 is 0 Å². The predicted octanol–water partition coefficient (Wildman–Crippen LogP) is 4.46. The van der Waals surface area contributed by atoms with E-state index in [1.54, 1.807) is 47.1 Å². The number of aromatic nitrogens is 3. The van der Waals surface area contributed by atoms with Crippen LogP contribution in [-0.4, -0.2) is 37.5 Å². The number of hydroxylamine groups is 1. The first-order valence-electron chi connectivity index (χ1n) is 11.9. The Hall–Kier alpha value is -4.83. The van der Waals surface area contributed by atoms with Crippen LogP contribution in [0, 0.1) is 12.3 Å². The van der Waals surface area contributed by atoms with Crippen LogP contribution in [0.3, 0.4) is 0 Å². The van der Waals surface area contributed by atoms with Gasteiger partial charge in [0.25, 0.3) is 11.8 Å². The second-order valence-electron chi connectivity index (χ2n) is 9.77. The van der Waals surface area contributed by atoms with Crippen molar-refractivity contribution in [2.75, 3.05) is 10.6 Å². The summed E-state index contributed by atoms with van der Waals surface area (Å²) in [5, 5.41) is 18.8. The molecule has 0 saturated heterocycles. The molecule has 10 nitrogen and oxygen atoms in total. The van der Waals surface area contributed by atoms with E-state index in [4.69, 9.17) is 5.21 Å². The lowest BCUT2D eigenvalue weighted by molar-refractivity contribution is -0.124. The van der Waals surface area contributed by atoms with Gasteiger partial charge < -0.3 is 10.6 Å². The third-order valence-electron chi connectivity index (χ3n) is 5.71. The van der Waals surface area contributed by atoms with E-state index in [1.807, 2.05) is 45.9 Å². The number of carbonyl (C=O) groups is 3. The van der Waals surface area contributed by atoms with Crippen molar-refractivity contribution in [2.45, 2.75) is 27.7 Å². The molecule has 194 valence electrons. The number of anilines is 2. The molecule has 0 fully saturated rings. The molecule has 0 atom stereocenters. The molecule has 4 rings (SSSR count). The average molecular weight is 513 g/mol. The van der Waals surface area contributed by atoms with Crippen LogP contribution in [0.2, 0.25) is 0 Å². The Morgan fingerprint density at radius 2 is 1.79 bits per heavy atom. The topological polar surface area (TPSA) is 138 Å². The van der Waals surface area contributed by atoms with Crippen LogP contribution >= 0.6 is 0 Å². The van der Waals surface area contributed by atoms with Gasteiger partial charge in [0.15, 0.2) is 11.5 Å². The number of imidazole rings is 1. The second-order valence-corrected chi connectivity index (χ2v) is 9.77. The molecule has 0 aliphatic carbocycles. The summed E-state index contributed by atoms with van der Waals surface area (Å²) in [6.07, 6.45) is 4.38. The van der Waals surface area contributed by atoms with Gasteiger partial charge in [-0.05, 0) is 54.5 Å². The van der Waals surface area contributed by atoms with Crippen LogP contribution in [0.25, 0.3) is 23.0 Å². The molecular weight excluding hydrogens is 484 g/mol. The van der Waals surface area contributed by atoms with E-state index in [0.29, 0.717) is 28.3 Å². The smallest absolute Gasteiger partial charge is 0.267 e. The van der Waals surface area contributed by atoms with Crippen molar-refractivity contribution in [1.29, 1.82) is 0 Å². The number of rotatable bonds is 6. The molecule has 38 heavy (non-hydrogen) atoms. The van der Waals surface area contributed by atoms with Crippen molar-refractivity contribution < 1.29 is 19.6 Å². The number of nitrogens with zero attached hydrogens (tertiary/aromatic N) is 3. The first-order valence-corrected chi connectivity index (χ1v) is 11.9. The SMILES string of the molecule is Cc1ccc(-c2cn3nc(NC(=O)c4cccc(/C=C/C(=O)NO)c4)ccc3n2)cc1NC(=O)C(C)(C)C. The molecule has 4 N–H and O–H groups in total. The van der Waals surface area contributed by atoms with Crippen molar-refractivity contribution in [1.82, 2.24) is 20.1 Å². The Morgan fingerprint density at radius 1 is 1.00 bits per heavy atom. The maximum atomic E-state index is 12.8. The standard InChI is InChI=1S/C28H28N6O4/c1-17-8-10-19(15-21(17)30-27(37)28(2,3)4)22-16-34-24(29-22)12-11-23(32-34)31-26(36)20-7-5-6-18(14-20)9-13-25(35)33-38/h5-16,38H,1-4H3,(H,30,37)(H,33,35)(H,31,32,36)/b13-9+. The van der Waals surface area contributed by atoms with Crippen molar-refractivity contribution in [3.05, 3.63) is 83.6 Å². The number of fused-ring (bicyclic) bond motifs is 1. The lowest BCUT2D eigenvalue weighted by atomic mass is 9.95. The van der Waals surface area contributed by atoms with Crippen LogP contribution in [-0.2, 0) is 9.59 Å². The van der Waals surface area contributed by atoms with E-state index in [2.05, 4.69) is 20.7 Å². The van der Waals surface area contributed by atoms with E-state index in [1.165, 1.54) is 11.6 Å².